The van der Waals surface area contributed by atoms with E-state index in [2.05, 4.69) is 4.98 Å². The summed E-state index contributed by atoms with van der Waals surface area (Å²) in [6.07, 6.45) is 1.68. The smallest absolute Gasteiger partial charge is 0.259 e. The summed E-state index contributed by atoms with van der Waals surface area (Å²) >= 11 is 6.03. The summed E-state index contributed by atoms with van der Waals surface area (Å²) in [6, 6.07) is 20.6. The van der Waals surface area contributed by atoms with Crippen LogP contribution in [0.3, 0.4) is 0 Å². The van der Waals surface area contributed by atoms with Crippen molar-refractivity contribution < 1.29 is 4.79 Å². The van der Waals surface area contributed by atoms with Crippen LogP contribution < -0.4 is 4.90 Å². The Hall–Kier alpha value is -2.65. The first kappa shape index (κ1) is 16.2. The molecular formula is C20H17ClN2O. The molecule has 1 heterocycles. The van der Waals surface area contributed by atoms with Crippen molar-refractivity contribution in [3.63, 3.8) is 0 Å². The van der Waals surface area contributed by atoms with Gasteiger partial charge >= 0.3 is 0 Å². The maximum absolute atomic E-state index is 13.0. The number of hydrogen-bond donors (Lipinski definition) is 0. The molecule has 4 heteroatoms. The second-order valence-electron chi connectivity index (χ2n) is 5.58. The highest BCUT2D eigenvalue weighted by Gasteiger charge is 2.19. The van der Waals surface area contributed by atoms with Crippen LogP contribution in [-0.4, -0.2) is 10.9 Å². The molecule has 0 bridgehead atoms. The van der Waals surface area contributed by atoms with Gasteiger partial charge < -0.3 is 0 Å². The van der Waals surface area contributed by atoms with Gasteiger partial charge in [-0.25, -0.2) is 4.98 Å². The highest BCUT2D eigenvalue weighted by Crippen LogP contribution is 2.20. The third-order valence-electron chi connectivity index (χ3n) is 3.70. The zero-order valence-electron chi connectivity index (χ0n) is 13.3. The Bertz CT molecular complexity index is 832. The molecule has 0 radical (unpaired) electrons. The molecule has 3 rings (SSSR count). The topological polar surface area (TPSA) is 33.2 Å². The van der Waals surface area contributed by atoms with Crippen molar-refractivity contribution in [1.82, 2.24) is 4.98 Å². The van der Waals surface area contributed by atoms with Crippen molar-refractivity contribution in [1.29, 1.82) is 0 Å². The maximum atomic E-state index is 13.0. The first-order valence-corrected chi connectivity index (χ1v) is 8.05. The van der Waals surface area contributed by atoms with Crippen LogP contribution in [0.2, 0.25) is 5.02 Å². The second kappa shape index (κ2) is 7.28. The summed E-state index contributed by atoms with van der Waals surface area (Å²) in [5, 5.41) is 0.539. The van der Waals surface area contributed by atoms with Crippen LogP contribution in [0.15, 0.2) is 72.9 Å². The second-order valence-corrected chi connectivity index (χ2v) is 6.01. The van der Waals surface area contributed by atoms with Crippen LogP contribution in [0.5, 0.6) is 0 Å². The van der Waals surface area contributed by atoms with E-state index in [4.69, 9.17) is 11.6 Å². The Kier molecular flexibility index (Phi) is 4.92. The van der Waals surface area contributed by atoms with Crippen LogP contribution >= 0.6 is 11.6 Å². The van der Waals surface area contributed by atoms with E-state index >= 15 is 0 Å². The Morgan fingerprint density at radius 3 is 2.50 bits per heavy atom. The first-order valence-electron chi connectivity index (χ1n) is 7.67. The maximum Gasteiger partial charge on any atom is 0.259 e. The summed E-state index contributed by atoms with van der Waals surface area (Å²) < 4.78 is 0. The lowest BCUT2D eigenvalue weighted by Gasteiger charge is -2.22. The van der Waals surface area contributed by atoms with Crippen LogP contribution in [-0.2, 0) is 6.54 Å². The number of carbonyl (C=O) groups is 1. The van der Waals surface area contributed by atoms with E-state index in [0.29, 0.717) is 22.9 Å². The summed E-state index contributed by atoms with van der Waals surface area (Å²) in [5.41, 5.74) is 2.77. The number of aryl methyl sites for hydroxylation is 1. The number of anilines is 1. The van der Waals surface area contributed by atoms with Gasteiger partial charge in [-0.15, -0.1) is 0 Å². The fourth-order valence-corrected chi connectivity index (χ4v) is 2.61. The van der Waals surface area contributed by atoms with Crippen molar-refractivity contribution in [3.8, 4) is 0 Å². The van der Waals surface area contributed by atoms with Crippen LogP contribution in [0.25, 0.3) is 0 Å². The molecule has 0 saturated carbocycles. The van der Waals surface area contributed by atoms with Crippen molar-refractivity contribution in [2.75, 3.05) is 4.90 Å². The summed E-state index contributed by atoms with van der Waals surface area (Å²) in [7, 11) is 0. The van der Waals surface area contributed by atoms with Crippen molar-refractivity contribution in [3.05, 3.63) is 94.6 Å². The number of rotatable bonds is 4. The predicted molar refractivity (Wildman–Crippen MR) is 97.4 cm³/mol. The number of pyridine rings is 1. The number of amides is 1. The number of aromatic nitrogens is 1. The van der Waals surface area contributed by atoms with E-state index in [-0.39, 0.29) is 5.91 Å². The monoisotopic (exact) mass is 336 g/mol. The van der Waals surface area contributed by atoms with Crippen LogP contribution in [0, 0.1) is 6.92 Å². The molecule has 0 aliphatic carbocycles. The Balaban J connectivity index is 1.96. The molecule has 0 atom stereocenters. The lowest BCUT2D eigenvalue weighted by molar-refractivity contribution is 0.0984. The van der Waals surface area contributed by atoms with Gasteiger partial charge in [0.05, 0.1) is 6.54 Å². The molecule has 0 aliphatic rings. The quantitative estimate of drug-likeness (QED) is 0.679. The van der Waals surface area contributed by atoms with Crippen molar-refractivity contribution in [2.45, 2.75) is 13.5 Å². The van der Waals surface area contributed by atoms with Crippen molar-refractivity contribution >= 4 is 23.3 Å². The van der Waals surface area contributed by atoms with E-state index < -0.39 is 0 Å². The molecular weight excluding hydrogens is 320 g/mol. The molecule has 3 aromatic rings. The highest BCUT2D eigenvalue weighted by atomic mass is 35.5. The molecule has 0 saturated heterocycles. The normalized spacial score (nSPS) is 10.4. The molecule has 0 fully saturated rings. The summed E-state index contributed by atoms with van der Waals surface area (Å²) in [4.78, 5) is 19.0. The lowest BCUT2D eigenvalue weighted by Crippen LogP contribution is -2.31. The SMILES string of the molecule is Cc1ccc(CN(C(=O)c2cccc(Cl)c2)c2ccccn2)cc1. The van der Waals surface area contributed by atoms with E-state index in [9.17, 15) is 4.79 Å². The van der Waals surface area contributed by atoms with Gasteiger partial charge in [-0.05, 0) is 42.8 Å². The molecule has 1 amide bonds. The predicted octanol–water partition coefficient (Wildman–Crippen LogP) is 4.89. The fourth-order valence-electron chi connectivity index (χ4n) is 2.42. The first-order chi connectivity index (χ1) is 11.6. The molecule has 1 aromatic heterocycles. The molecule has 0 spiro atoms. The standard InChI is InChI=1S/C20H17ClN2O/c1-15-8-10-16(11-9-15)14-23(19-7-2-3-12-22-19)20(24)17-5-4-6-18(21)13-17/h2-13H,14H2,1H3. The van der Waals surface area contributed by atoms with Gasteiger partial charge in [-0.3, -0.25) is 9.69 Å². The number of hydrogen-bond acceptors (Lipinski definition) is 2. The zero-order chi connectivity index (χ0) is 16.9. The van der Waals surface area contributed by atoms with E-state index in [1.165, 1.54) is 5.56 Å². The minimum atomic E-state index is -0.128. The van der Waals surface area contributed by atoms with Crippen molar-refractivity contribution in [2.24, 2.45) is 0 Å². The third kappa shape index (κ3) is 3.81. The molecule has 0 aliphatic heterocycles. The zero-order valence-corrected chi connectivity index (χ0v) is 14.1. The summed E-state index contributed by atoms with van der Waals surface area (Å²) in [6.45, 7) is 2.49. The number of nitrogens with zero attached hydrogens (tertiary/aromatic N) is 2. The van der Waals surface area contributed by atoms with E-state index in [1.807, 2.05) is 49.4 Å². The number of benzene rings is 2. The van der Waals surface area contributed by atoms with Gasteiger partial charge in [0.15, 0.2) is 0 Å². The number of halogens is 1. The molecule has 3 nitrogen and oxygen atoms in total. The van der Waals surface area contributed by atoms with E-state index in [0.717, 1.165) is 5.56 Å². The van der Waals surface area contributed by atoms with Gasteiger partial charge in [0.2, 0.25) is 0 Å². The van der Waals surface area contributed by atoms with Gasteiger partial charge in [-0.1, -0.05) is 53.6 Å². The molecule has 24 heavy (non-hydrogen) atoms. The average molecular weight is 337 g/mol. The Labute approximate surface area is 146 Å². The highest BCUT2D eigenvalue weighted by molar-refractivity contribution is 6.31. The Morgan fingerprint density at radius 2 is 1.83 bits per heavy atom. The minimum absolute atomic E-state index is 0.128. The molecule has 0 unspecified atom stereocenters. The largest absolute Gasteiger partial charge is 0.288 e. The third-order valence-corrected chi connectivity index (χ3v) is 3.94. The van der Waals surface area contributed by atoms with Gasteiger partial charge in [-0.2, -0.15) is 0 Å². The Morgan fingerprint density at radius 1 is 1.04 bits per heavy atom. The molecule has 0 N–H and O–H groups in total. The van der Waals surface area contributed by atoms with Gasteiger partial charge in [0.1, 0.15) is 5.82 Å². The molecule has 2 aromatic carbocycles. The van der Waals surface area contributed by atoms with Gasteiger partial charge in [0, 0.05) is 16.8 Å². The lowest BCUT2D eigenvalue weighted by atomic mass is 10.1. The number of carbonyl (C=O) groups excluding carboxylic acids is 1. The minimum Gasteiger partial charge on any atom is -0.288 e. The summed E-state index contributed by atoms with van der Waals surface area (Å²) in [5.74, 6) is 0.486. The fraction of sp³-hybridized carbons (Fsp3) is 0.100. The van der Waals surface area contributed by atoms with Crippen LogP contribution in [0.4, 0.5) is 5.82 Å². The van der Waals surface area contributed by atoms with E-state index in [1.54, 1.807) is 35.4 Å². The van der Waals surface area contributed by atoms with Crippen LogP contribution in [0.1, 0.15) is 21.5 Å². The average Bonchev–Trinajstić information content (AvgIpc) is 2.61. The molecule has 120 valence electrons. The van der Waals surface area contributed by atoms with Gasteiger partial charge in [0.25, 0.3) is 5.91 Å².